The number of hydrogen-bond acceptors (Lipinski definition) is 1. The molecule has 1 N–H and O–H groups in total. The van der Waals surface area contributed by atoms with Crippen molar-refractivity contribution in [2.75, 3.05) is 5.32 Å². The molecule has 86 valence electrons. The molecule has 1 amide bonds. The second-order valence-electron chi connectivity index (χ2n) is 3.89. The predicted molar refractivity (Wildman–Crippen MR) is 68.6 cm³/mol. The summed E-state index contributed by atoms with van der Waals surface area (Å²) in [6.45, 7) is 9.54. The fraction of sp³-hybridized carbons (Fsp3) is 0.357. The molecule has 0 saturated heterocycles. The van der Waals surface area contributed by atoms with Crippen molar-refractivity contribution in [3.63, 3.8) is 0 Å². The summed E-state index contributed by atoms with van der Waals surface area (Å²) in [4.78, 5) is 11.6. The molecule has 0 fully saturated rings. The van der Waals surface area contributed by atoms with Crippen molar-refractivity contribution in [3.8, 4) is 0 Å². The maximum Gasteiger partial charge on any atom is 0.250 e. The van der Waals surface area contributed by atoms with E-state index >= 15 is 0 Å². The molecule has 0 aliphatic carbocycles. The lowest BCUT2D eigenvalue weighted by atomic mass is 10.0. The van der Waals surface area contributed by atoms with Gasteiger partial charge in [0.1, 0.15) is 0 Å². The van der Waals surface area contributed by atoms with Crippen LogP contribution in [-0.2, 0) is 17.6 Å². The van der Waals surface area contributed by atoms with E-state index in [1.54, 1.807) is 6.92 Å². The number of hydrogen-bond donors (Lipinski definition) is 1. The van der Waals surface area contributed by atoms with Gasteiger partial charge in [-0.2, -0.15) is 0 Å². The molecule has 0 radical (unpaired) electrons. The van der Waals surface area contributed by atoms with Gasteiger partial charge in [0.05, 0.1) is 0 Å². The maximum atomic E-state index is 11.6. The number of rotatable bonds is 4. The standard InChI is InChI=1S/C14H19NO/c1-5-11-8-7-9-12(6-2)13(11)15-14(16)10(3)4/h7-9H,3,5-6H2,1-2,4H3,(H,15,16). The van der Waals surface area contributed by atoms with Crippen LogP contribution >= 0.6 is 0 Å². The van der Waals surface area contributed by atoms with Crippen LogP contribution in [-0.4, -0.2) is 5.91 Å². The molecule has 0 aliphatic heterocycles. The van der Waals surface area contributed by atoms with Gasteiger partial charge in [-0.3, -0.25) is 4.79 Å². The number of para-hydroxylation sites is 1. The first-order valence-electron chi connectivity index (χ1n) is 5.67. The van der Waals surface area contributed by atoms with Crippen LogP contribution in [0.5, 0.6) is 0 Å². The van der Waals surface area contributed by atoms with Crippen molar-refractivity contribution in [1.82, 2.24) is 0 Å². The van der Waals surface area contributed by atoms with Crippen LogP contribution in [0.3, 0.4) is 0 Å². The lowest BCUT2D eigenvalue weighted by Crippen LogP contribution is -2.14. The Morgan fingerprint density at radius 1 is 1.25 bits per heavy atom. The van der Waals surface area contributed by atoms with Crippen molar-refractivity contribution in [2.24, 2.45) is 0 Å². The number of anilines is 1. The highest BCUT2D eigenvalue weighted by molar-refractivity contribution is 6.03. The van der Waals surface area contributed by atoms with E-state index in [1.165, 1.54) is 11.1 Å². The van der Waals surface area contributed by atoms with Crippen LogP contribution in [0.2, 0.25) is 0 Å². The summed E-state index contributed by atoms with van der Waals surface area (Å²) in [5.74, 6) is -0.101. The molecule has 0 spiro atoms. The van der Waals surface area contributed by atoms with Gasteiger partial charge in [-0.15, -0.1) is 0 Å². The van der Waals surface area contributed by atoms with Crippen LogP contribution in [0, 0.1) is 0 Å². The van der Waals surface area contributed by atoms with Crippen molar-refractivity contribution in [3.05, 3.63) is 41.5 Å². The Balaban J connectivity index is 3.09. The van der Waals surface area contributed by atoms with Crippen molar-refractivity contribution in [1.29, 1.82) is 0 Å². The summed E-state index contributed by atoms with van der Waals surface area (Å²) in [5, 5.41) is 2.94. The third kappa shape index (κ3) is 2.72. The van der Waals surface area contributed by atoms with Gasteiger partial charge in [0.15, 0.2) is 0 Å². The average molecular weight is 217 g/mol. The van der Waals surface area contributed by atoms with Crippen LogP contribution in [0.4, 0.5) is 5.69 Å². The third-order valence-corrected chi connectivity index (χ3v) is 2.62. The van der Waals surface area contributed by atoms with Gasteiger partial charge in [0.2, 0.25) is 0 Å². The van der Waals surface area contributed by atoms with Gasteiger partial charge in [0.25, 0.3) is 5.91 Å². The van der Waals surface area contributed by atoms with Gasteiger partial charge >= 0.3 is 0 Å². The van der Waals surface area contributed by atoms with E-state index in [4.69, 9.17) is 0 Å². The SMILES string of the molecule is C=C(C)C(=O)Nc1c(CC)cccc1CC. The molecule has 16 heavy (non-hydrogen) atoms. The summed E-state index contributed by atoms with van der Waals surface area (Å²) >= 11 is 0. The second kappa shape index (κ2) is 5.50. The minimum atomic E-state index is -0.101. The molecule has 1 aromatic carbocycles. The van der Waals surface area contributed by atoms with Crippen LogP contribution < -0.4 is 5.32 Å². The van der Waals surface area contributed by atoms with Crippen molar-refractivity contribution in [2.45, 2.75) is 33.6 Å². The lowest BCUT2D eigenvalue weighted by Gasteiger charge is -2.14. The minimum absolute atomic E-state index is 0.101. The molecule has 2 heteroatoms. The summed E-state index contributed by atoms with van der Waals surface area (Å²) in [6.07, 6.45) is 1.83. The molecular formula is C14H19NO. The molecule has 1 rings (SSSR count). The summed E-state index contributed by atoms with van der Waals surface area (Å²) in [5.41, 5.74) is 3.84. The first-order chi connectivity index (χ1) is 7.60. The fourth-order valence-corrected chi connectivity index (χ4v) is 1.62. The maximum absolute atomic E-state index is 11.6. The summed E-state index contributed by atoms with van der Waals surface area (Å²) in [7, 11) is 0. The van der Waals surface area contributed by atoms with Gasteiger partial charge in [-0.25, -0.2) is 0 Å². The molecule has 0 heterocycles. The van der Waals surface area contributed by atoms with Crippen molar-refractivity contribution >= 4 is 11.6 Å². The van der Waals surface area contributed by atoms with E-state index in [1.807, 2.05) is 18.2 Å². The zero-order valence-corrected chi connectivity index (χ0v) is 10.3. The molecular weight excluding hydrogens is 198 g/mol. The minimum Gasteiger partial charge on any atom is -0.322 e. The number of nitrogens with one attached hydrogen (secondary N) is 1. The molecule has 0 saturated carbocycles. The summed E-state index contributed by atoms with van der Waals surface area (Å²) in [6, 6.07) is 6.13. The molecule has 0 bridgehead atoms. The highest BCUT2D eigenvalue weighted by atomic mass is 16.1. The first-order valence-corrected chi connectivity index (χ1v) is 5.67. The number of carbonyl (C=O) groups is 1. The van der Waals surface area contributed by atoms with Gasteiger partial charge < -0.3 is 5.32 Å². The molecule has 1 aromatic rings. The third-order valence-electron chi connectivity index (χ3n) is 2.62. The van der Waals surface area contributed by atoms with E-state index in [-0.39, 0.29) is 5.91 Å². The summed E-state index contributed by atoms with van der Waals surface area (Å²) < 4.78 is 0. The lowest BCUT2D eigenvalue weighted by molar-refractivity contribution is -0.112. The highest BCUT2D eigenvalue weighted by Crippen LogP contribution is 2.22. The van der Waals surface area contributed by atoms with Crippen molar-refractivity contribution < 1.29 is 4.79 Å². The number of amides is 1. The monoisotopic (exact) mass is 217 g/mol. The average Bonchev–Trinajstić information content (AvgIpc) is 2.29. The highest BCUT2D eigenvalue weighted by Gasteiger charge is 2.09. The molecule has 0 unspecified atom stereocenters. The zero-order chi connectivity index (χ0) is 12.1. The Bertz CT molecular complexity index is 385. The molecule has 2 nitrogen and oxygen atoms in total. The molecule has 0 aliphatic rings. The van der Waals surface area contributed by atoms with E-state index in [0.717, 1.165) is 18.5 Å². The predicted octanol–water partition coefficient (Wildman–Crippen LogP) is 3.33. The van der Waals surface area contributed by atoms with E-state index < -0.39 is 0 Å². The Morgan fingerprint density at radius 3 is 2.12 bits per heavy atom. The van der Waals surface area contributed by atoms with Gasteiger partial charge in [-0.1, -0.05) is 38.6 Å². The van der Waals surface area contributed by atoms with Crippen LogP contribution in [0.25, 0.3) is 0 Å². The smallest absolute Gasteiger partial charge is 0.250 e. The van der Waals surface area contributed by atoms with Gasteiger partial charge in [-0.05, 0) is 30.9 Å². The Hall–Kier alpha value is -1.57. The first kappa shape index (κ1) is 12.5. The topological polar surface area (TPSA) is 29.1 Å². The largest absolute Gasteiger partial charge is 0.322 e. The van der Waals surface area contributed by atoms with Crippen LogP contribution in [0.15, 0.2) is 30.4 Å². The molecule has 0 atom stereocenters. The Kier molecular flexibility index (Phi) is 4.29. The number of aryl methyl sites for hydroxylation is 2. The van der Waals surface area contributed by atoms with E-state index in [9.17, 15) is 4.79 Å². The molecule has 0 aromatic heterocycles. The normalized spacial score (nSPS) is 9.94. The Morgan fingerprint density at radius 2 is 1.75 bits per heavy atom. The van der Waals surface area contributed by atoms with E-state index in [0.29, 0.717) is 5.57 Å². The van der Waals surface area contributed by atoms with E-state index in [2.05, 4.69) is 25.7 Å². The quantitative estimate of drug-likeness (QED) is 0.770. The van der Waals surface area contributed by atoms with Gasteiger partial charge in [0, 0.05) is 11.3 Å². The Labute approximate surface area is 97.4 Å². The van der Waals surface area contributed by atoms with Crippen LogP contribution in [0.1, 0.15) is 31.9 Å². The second-order valence-corrected chi connectivity index (χ2v) is 3.89. The zero-order valence-electron chi connectivity index (χ0n) is 10.3. The number of benzene rings is 1. The fourth-order valence-electron chi connectivity index (χ4n) is 1.62. The number of carbonyl (C=O) groups excluding carboxylic acids is 1.